The SMILES string of the molecule is CN(C)C(=O)c1ccc(-c2ccc(N3CCN(C(=O)OC(C)(C)C)CC3)cc2)cc1Cl. The number of halogens is 1. The van der Waals surface area contributed by atoms with Gasteiger partial charge in [-0.25, -0.2) is 4.79 Å². The second-order valence-corrected chi connectivity index (χ2v) is 9.30. The van der Waals surface area contributed by atoms with E-state index < -0.39 is 5.60 Å². The van der Waals surface area contributed by atoms with E-state index in [9.17, 15) is 9.59 Å². The van der Waals surface area contributed by atoms with Crippen LogP contribution in [-0.2, 0) is 4.74 Å². The van der Waals surface area contributed by atoms with Crippen LogP contribution >= 0.6 is 11.6 Å². The Labute approximate surface area is 189 Å². The van der Waals surface area contributed by atoms with E-state index in [1.54, 1.807) is 25.1 Å². The molecule has 2 aromatic rings. The van der Waals surface area contributed by atoms with Gasteiger partial charge in [-0.2, -0.15) is 0 Å². The number of anilines is 1. The molecule has 3 rings (SSSR count). The van der Waals surface area contributed by atoms with E-state index >= 15 is 0 Å². The van der Waals surface area contributed by atoms with Crippen LogP contribution in [0.4, 0.5) is 10.5 Å². The van der Waals surface area contributed by atoms with E-state index in [4.69, 9.17) is 16.3 Å². The van der Waals surface area contributed by atoms with Crippen molar-refractivity contribution in [1.82, 2.24) is 9.80 Å². The fourth-order valence-electron chi connectivity index (χ4n) is 3.45. The third-order valence-electron chi connectivity index (χ3n) is 5.10. The molecule has 0 aromatic heterocycles. The summed E-state index contributed by atoms with van der Waals surface area (Å²) in [5.74, 6) is -0.113. The van der Waals surface area contributed by atoms with Gasteiger partial charge in [0.1, 0.15) is 5.60 Å². The summed E-state index contributed by atoms with van der Waals surface area (Å²) in [6.45, 7) is 8.41. The third kappa shape index (κ3) is 5.70. The number of carbonyl (C=O) groups excluding carboxylic acids is 2. The first-order valence-corrected chi connectivity index (χ1v) is 10.8. The molecule has 166 valence electrons. The summed E-state index contributed by atoms with van der Waals surface area (Å²) in [5.41, 5.74) is 3.11. The minimum absolute atomic E-state index is 0.113. The molecule has 1 aliphatic rings. The molecule has 0 aliphatic carbocycles. The van der Waals surface area contributed by atoms with E-state index in [-0.39, 0.29) is 12.0 Å². The maximum Gasteiger partial charge on any atom is 0.410 e. The van der Waals surface area contributed by atoms with Crippen LogP contribution < -0.4 is 4.90 Å². The number of benzene rings is 2. The number of nitrogens with zero attached hydrogens (tertiary/aromatic N) is 3. The molecule has 6 nitrogen and oxygen atoms in total. The van der Waals surface area contributed by atoms with Crippen molar-refractivity contribution in [3.8, 4) is 11.1 Å². The fraction of sp³-hybridized carbons (Fsp3) is 0.417. The van der Waals surface area contributed by atoms with Crippen LogP contribution in [-0.4, -0.2) is 67.7 Å². The Morgan fingerprint density at radius 2 is 1.52 bits per heavy atom. The summed E-state index contributed by atoms with van der Waals surface area (Å²) in [6, 6.07) is 13.8. The Morgan fingerprint density at radius 1 is 0.935 bits per heavy atom. The normalized spacial score (nSPS) is 14.4. The smallest absolute Gasteiger partial charge is 0.410 e. The molecule has 0 N–H and O–H groups in total. The predicted octanol–water partition coefficient (Wildman–Crippen LogP) is 4.77. The highest BCUT2D eigenvalue weighted by Gasteiger charge is 2.26. The summed E-state index contributed by atoms with van der Waals surface area (Å²) in [7, 11) is 3.41. The first kappa shape index (κ1) is 22.9. The summed E-state index contributed by atoms with van der Waals surface area (Å²) in [6.07, 6.45) is -0.254. The van der Waals surface area contributed by atoms with Crippen molar-refractivity contribution >= 4 is 29.3 Å². The molecule has 0 bridgehead atoms. The first-order valence-electron chi connectivity index (χ1n) is 10.4. The molecular weight excluding hydrogens is 414 g/mol. The third-order valence-corrected chi connectivity index (χ3v) is 5.42. The van der Waals surface area contributed by atoms with Crippen LogP contribution in [0.15, 0.2) is 42.5 Å². The van der Waals surface area contributed by atoms with Crippen LogP contribution in [0.3, 0.4) is 0 Å². The highest BCUT2D eigenvalue weighted by atomic mass is 35.5. The molecule has 0 unspecified atom stereocenters. The van der Waals surface area contributed by atoms with E-state index in [2.05, 4.69) is 29.2 Å². The topological polar surface area (TPSA) is 53.1 Å². The lowest BCUT2D eigenvalue weighted by Gasteiger charge is -2.36. The summed E-state index contributed by atoms with van der Waals surface area (Å²) in [4.78, 5) is 29.9. The second-order valence-electron chi connectivity index (χ2n) is 8.90. The summed E-state index contributed by atoms with van der Waals surface area (Å²) < 4.78 is 5.46. The van der Waals surface area contributed by atoms with Gasteiger partial charge in [0.15, 0.2) is 0 Å². The molecule has 1 fully saturated rings. The first-order chi connectivity index (χ1) is 14.5. The number of hydrogen-bond acceptors (Lipinski definition) is 4. The number of amides is 2. The number of carbonyl (C=O) groups is 2. The van der Waals surface area contributed by atoms with Crippen molar-refractivity contribution in [2.45, 2.75) is 26.4 Å². The molecule has 1 saturated heterocycles. The molecule has 7 heteroatoms. The highest BCUT2D eigenvalue weighted by Crippen LogP contribution is 2.28. The van der Waals surface area contributed by atoms with Gasteiger partial charge >= 0.3 is 6.09 Å². The Bertz CT molecular complexity index is 944. The number of rotatable bonds is 3. The Balaban J connectivity index is 1.64. The maximum absolute atomic E-state index is 12.2. The summed E-state index contributed by atoms with van der Waals surface area (Å²) >= 11 is 6.35. The molecule has 2 aromatic carbocycles. The molecule has 0 atom stereocenters. The van der Waals surface area contributed by atoms with Gasteiger partial charge in [0, 0.05) is 46.0 Å². The lowest BCUT2D eigenvalue weighted by atomic mass is 10.0. The molecule has 1 aliphatic heterocycles. The van der Waals surface area contributed by atoms with E-state index in [0.29, 0.717) is 23.7 Å². The van der Waals surface area contributed by atoms with Gasteiger partial charge in [-0.15, -0.1) is 0 Å². The fourth-order valence-corrected chi connectivity index (χ4v) is 3.71. The van der Waals surface area contributed by atoms with Crippen molar-refractivity contribution in [1.29, 1.82) is 0 Å². The number of hydrogen-bond donors (Lipinski definition) is 0. The predicted molar refractivity (Wildman–Crippen MR) is 125 cm³/mol. The Morgan fingerprint density at radius 3 is 2.03 bits per heavy atom. The summed E-state index contributed by atoms with van der Waals surface area (Å²) in [5, 5.41) is 0.443. The monoisotopic (exact) mass is 443 g/mol. The molecule has 0 radical (unpaired) electrons. The Kier molecular flexibility index (Phi) is 6.80. The van der Waals surface area contributed by atoms with Crippen LogP contribution in [0.5, 0.6) is 0 Å². The van der Waals surface area contributed by atoms with Crippen LogP contribution in [0.25, 0.3) is 11.1 Å². The lowest BCUT2D eigenvalue weighted by molar-refractivity contribution is 0.0240. The highest BCUT2D eigenvalue weighted by molar-refractivity contribution is 6.34. The molecule has 2 amide bonds. The average molecular weight is 444 g/mol. The lowest BCUT2D eigenvalue weighted by Crippen LogP contribution is -2.50. The Hall–Kier alpha value is -2.73. The van der Waals surface area contributed by atoms with Gasteiger partial charge in [-0.05, 0) is 56.2 Å². The van der Waals surface area contributed by atoms with Crippen molar-refractivity contribution in [2.24, 2.45) is 0 Å². The van der Waals surface area contributed by atoms with E-state index in [0.717, 1.165) is 29.9 Å². The van der Waals surface area contributed by atoms with Gasteiger partial charge < -0.3 is 19.4 Å². The molecule has 1 heterocycles. The molecule has 0 saturated carbocycles. The van der Waals surface area contributed by atoms with Crippen LogP contribution in [0.1, 0.15) is 31.1 Å². The largest absolute Gasteiger partial charge is 0.444 e. The van der Waals surface area contributed by atoms with Crippen LogP contribution in [0, 0.1) is 0 Å². The zero-order chi connectivity index (χ0) is 22.8. The van der Waals surface area contributed by atoms with Crippen molar-refractivity contribution < 1.29 is 14.3 Å². The van der Waals surface area contributed by atoms with Gasteiger partial charge in [0.05, 0.1) is 10.6 Å². The molecule has 31 heavy (non-hydrogen) atoms. The van der Waals surface area contributed by atoms with Gasteiger partial charge in [0.2, 0.25) is 0 Å². The van der Waals surface area contributed by atoms with Gasteiger partial charge in [-0.1, -0.05) is 29.8 Å². The number of piperazine rings is 1. The van der Waals surface area contributed by atoms with E-state index in [1.807, 2.05) is 32.9 Å². The van der Waals surface area contributed by atoms with Crippen molar-refractivity contribution in [3.05, 3.63) is 53.1 Å². The zero-order valence-corrected chi connectivity index (χ0v) is 19.6. The van der Waals surface area contributed by atoms with Gasteiger partial charge in [0.25, 0.3) is 5.91 Å². The van der Waals surface area contributed by atoms with Crippen LogP contribution in [0.2, 0.25) is 5.02 Å². The quantitative estimate of drug-likeness (QED) is 0.685. The van der Waals surface area contributed by atoms with E-state index in [1.165, 1.54) is 4.90 Å². The van der Waals surface area contributed by atoms with Gasteiger partial charge in [-0.3, -0.25) is 4.79 Å². The second kappa shape index (κ2) is 9.18. The number of ether oxygens (including phenoxy) is 1. The molecular formula is C24H30ClN3O3. The zero-order valence-electron chi connectivity index (χ0n) is 18.8. The molecule has 0 spiro atoms. The minimum Gasteiger partial charge on any atom is -0.444 e. The van der Waals surface area contributed by atoms with Crippen molar-refractivity contribution in [2.75, 3.05) is 45.2 Å². The maximum atomic E-state index is 12.2. The average Bonchev–Trinajstić information content (AvgIpc) is 2.72. The standard InChI is InChI=1S/C24H30ClN3O3/c1-24(2,3)31-23(30)28-14-12-27(13-15-28)19-9-6-17(7-10-19)18-8-11-20(21(25)16-18)22(29)26(4)5/h6-11,16H,12-15H2,1-5H3. The van der Waals surface area contributed by atoms with Crippen molar-refractivity contribution in [3.63, 3.8) is 0 Å². The minimum atomic E-state index is -0.481.